The molecule has 0 saturated carbocycles. The Bertz CT molecular complexity index is 182. The summed E-state index contributed by atoms with van der Waals surface area (Å²) >= 11 is 5.64. The van der Waals surface area contributed by atoms with Crippen LogP contribution < -0.4 is 0 Å². The molecule has 1 aromatic rings. The number of aryl methyl sites for hydroxylation is 1. The van der Waals surface area contributed by atoms with Gasteiger partial charge >= 0.3 is 0 Å². The summed E-state index contributed by atoms with van der Waals surface area (Å²) < 4.78 is 0. The van der Waals surface area contributed by atoms with Gasteiger partial charge in [0.05, 0.1) is 0 Å². The molecule has 73 valence electrons. The molecule has 1 aromatic carbocycles. The van der Waals surface area contributed by atoms with Crippen LogP contribution in [0.4, 0.5) is 0 Å². The van der Waals surface area contributed by atoms with Crippen LogP contribution in [-0.2, 0) is 39.1 Å². The van der Waals surface area contributed by atoms with Gasteiger partial charge in [-0.05, 0) is 0 Å². The van der Waals surface area contributed by atoms with Gasteiger partial charge in [0, 0.05) is 32.7 Å². The molecule has 0 N–H and O–H groups in total. The molecule has 0 aliphatic carbocycles. The minimum atomic E-state index is 0. The average molecular weight is 274 g/mol. The Hall–Kier alpha value is 0.614. The first-order valence-electron chi connectivity index (χ1n) is 3.99. The fraction of sp³-hybridized carbons (Fsp3) is 0.364. The van der Waals surface area contributed by atoms with Crippen LogP contribution in [0.15, 0.2) is 18.2 Å². The summed E-state index contributed by atoms with van der Waals surface area (Å²) in [5.74, 6) is 0. The standard InChI is InChI=1S/C8H8Cl.C2H6.CH3.Y/c1-2-7-3-5-8(9)6-4-7;1-2;;/h3,5-6H,2H2,1H3;1-2H3;1H3;/q-1;;-1;. The zero-order valence-corrected chi connectivity index (χ0v) is 12.5. The Morgan fingerprint density at radius 2 is 1.85 bits per heavy atom. The third kappa shape index (κ3) is 8.93. The quantitative estimate of drug-likeness (QED) is 0.674. The van der Waals surface area contributed by atoms with Gasteiger partial charge in [-0.2, -0.15) is 41.4 Å². The van der Waals surface area contributed by atoms with Crippen molar-refractivity contribution in [2.75, 3.05) is 0 Å². The zero-order valence-electron chi connectivity index (χ0n) is 8.89. The van der Waals surface area contributed by atoms with Crippen molar-refractivity contribution in [1.29, 1.82) is 0 Å². The van der Waals surface area contributed by atoms with E-state index in [1.54, 1.807) is 6.07 Å². The second-order valence-corrected chi connectivity index (χ2v) is 2.32. The van der Waals surface area contributed by atoms with Gasteiger partial charge in [0.1, 0.15) is 0 Å². The minimum Gasteiger partial charge on any atom is -0.358 e. The van der Waals surface area contributed by atoms with Gasteiger partial charge in [-0.3, -0.25) is 0 Å². The molecule has 0 atom stereocenters. The Balaban J connectivity index is -0.000000234. The normalized spacial score (nSPS) is 7.08. The van der Waals surface area contributed by atoms with Crippen molar-refractivity contribution < 1.29 is 32.7 Å². The van der Waals surface area contributed by atoms with Crippen LogP contribution in [0.25, 0.3) is 0 Å². The molecular weight excluding hydrogens is 256 g/mol. The largest absolute Gasteiger partial charge is 0.358 e. The van der Waals surface area contributed by atoms with Crippen molar-refractivity contribution >= 4 is 11.6 Å². The molecule has 13 heavy (non-hydrogen) atoms. The van der Waals surface area contributed by atoms with Gasteiger partial charge in [-0.15, -0.1) is 0 Å². The van der Waals surface area contributed by atoms with Crippen molar-refractivity contribution in [3.8, 4) is 0 Å². The second-order valence-electron chi connectivity index (χ2n) is 1.89. The number of rotatable bonds is 1. The predicted molar refractivity (Wildman–Crippen MR) is 57.4 cm³/mol. The van der Waals surface area contributed by atoms with Crippen molar-refractivity contribution in [3.05, 3.63) is 42.3 Å². The Morgan fingerprint density at radius 3 is 2.15 bits per heavy atom. The first-order valence-corrected chi connectivity index (χ1v) is 4.37. The van der Waals surface area contributed by atoms with Gasteiger partial charge in [-0.25, -0.2) is 0 Å². The van der Waals surface area contributed by atoms with Crippen LogP contribution in [0.5, 0.6) is 0 Å². The van der Waals surface area contributed by atoms with Gasteiger partial charge in [0.2, 0.25) is 0 Å². The molecule has 0 aliphatic rings. The third-order valence-corrected chi connectivity index (χ3v) is 1.46. The van der Waals surface area contributed by atoms with E-state index in [-0.39, 0.29) is 40.1 Å². The van der Waals surface area contributed by atoms with E-state index in [2.05, 4.69) is 13.0 Å². The van der Waals surface area contributed by atoms with Crippen molar-refractivity contribution in [3.63, 3.8) is 0 Å². The Labute approximate surface area is 113 Å². The van der Waals surface area contributed by atoms with E-state index in [9.17, 15) is 0 Å². The molecule has 1 rings (SSSR count). The van der Waals surface area contributed by atoms with Gasteiger partial charge in [0.25, 0.3) is 0 Å². The first kappa shape index (κ1) is 19.2. The van der Waals surface area contributed by atoms with Crippen LogP contribution >= 0.6 is 11.6 Å². The molecule has 0 amide bonds. The smallest absolute Gasteiger partial charge is 0 e. The van der Waals surface area contributed by atoms with E-state index in [4.69, 9.17) is 11.6 Å². The van der Waals surface area contributed by atoms with E-state index in [1.807, 2.05) is 26.0 Å². The first-order chi connectivity index (χ1) is 5.33. The van der Waals surface area contributed by atoms with Gasteiger partial charge < -0.3 is 7.43 Å². The molecular formula is C11H17ClY-2. The predicted octanol–water partition coefficient (Wildman–Crippen LogP) is 4.18. The molecule has 2 heteroatoms. The zero-order chi connectivity index (χ0) is 8.69. The molecule has 0 heterocycles. The maximum absolute atomic E-state index is 5.64. The van der Waals surface area contributed by atoms with E-state index in [0.29, 0.717) is 0 Å². The van der Waals surface area contributed by atoms with Crippen LogP contribution in [0, 0.1) is 13.5 Å². The Morgan fingerprint density at radius 1 is 1.31 bits per heavy atom. The minimum absolute atomic E-state index is 0. The van der Waals surface area contributed by atoms with E-state index in [1.165, 1.54) is 5.56 Å². The van der Waals surface area contributed by atoms with Crippen molar-refractivity contribution in [2.45, 2.75) is 27.2 Å². The van der Waals surface area contributed by atoms with Crippen LogP contribution in [0.2, 0.25) is 5.02 Å². The summed E-state index contributed by atoms with van der Waals surface area (Å²) in [6, 6.07) is 8.72. The number of hydrogen-bond acceptors (Lipinski definition) is 0. The maximum atomic E-state index is 5.64. The summed E-state index contributed by atoms with van der Waals surface area (Å²) in [6.07, 6.45) is 1.02. The number of hydrogen-bond donors (Lipinski definition) is 0. The summed E-state index contributed by atoms with van der Waals surface area (Å²) in [7, 11) is 0. The molecule has 0 saturated heterocycles. The van der Waals surface area contributed by atoms with E-state index < -0.39 is 0 Å². The Kier molecular flexibility index (Phi) is 18.7. The second kappa shape index (κ2) is 12.6. The van der Waals surface area contributed by atoms with Crippen molar-refractivity contribution in [2.24, 2.45) is 0 Å². The van der Waals surface area contributed by atoms with Crippen LogP contribution in [0.1, 0.15) is 26.3 Å². The monoisotopic (exact) mass is 273 g/mol. The van der Waals surface area contributed by atoms with Gasteiger partial charge in [0.15, 0.2) is 0 Å². The molecule has 0 bridgehead atoms. The van der Waals surface area contributed by atoms with Crippen molar-refractivity contribution in [1.82, 2.24) is 0 Å². The maximum Gasteiger partial charge on any atom is 0 e. The van der Waals surface area contributed by atoms with Crippen LogP contribution in [-0.4, -0.2) is 0 Å². The molecule has 0 aliphatic heterocycles. The topological polar surface area (TPSA) is 0 Å². The van der Waals surface area contributed by atoms with E-state index >= 15 is 0 Å². The molecule has 0 nitrogen and oxygen atoms in total. The molecule has 0 fully saturated rings. The number of benzene rings is 1. The van der Waals surface area contributed by atoms with Crippen LogP contribution in [0.3, 0.4) is 0 Å². The third-order valence-electron chi connectivity index (χ3n) is 1.22. The molecule has 0 unspecified atom stereocenters. The van der Waals surface area contributed by atoms with Gasteiger partial charge in [-0.1, -0.05) is 32.2 Å². The molecule has 1 radical (unpaired) electrons. The summed E-state index contributed by atoms with van der Waals surface area (Å²) in [5, 5.41) is 0.757. The fourth-order valence-electron chi connectivity index (χ4n) is 0.658. The summed E-state index contributed by atoms with van der Waals surface area (Å²) in [5.41, 5.74) is 1.21. The number of halogens is 1. The van der Waals surface area contributed by atoms with E-state index in [0.717, 1.165) is 11.4 Å². The summed E-state index contributed by atoms with van der Waals surface area (Å²) in [6.45, 7) is 6.10. The molecule has 0 spiro atoms. The summed E-state index contributed by atoms with van der Waals surface area (Å²) in [4.78, 5) is 0. The SMILES string of the molecule is CC.CCc1[c-]cc(Cl)cc1.[CH3-].[Y]. The average Bonchev–Trinajstić information content (AvgIpc) is 2.10. The molecule has 0 aromatic heterocycles. The fourth-order valence-corrected chi connectivity index (χ4v) is 0.776.